The van der Waals surface area contributed by atoms with E-state index in [9.17, 15) is 18.8 Å². The summed E-state index contributed by atoms with van der Waals surface area (Å²) in [5, 5.41) is -0.0338. The highest BCUT2D eigenvalue weighted by Crippen LogP contribution is 2.28. The number of halogens is 2. The first kappa shape index (κ1) is 24.8. The van der Waals surface area contributed by atoms with Crippen LogP contribution in [0.3, 0.4) is 0 Å². The third-order valence-corrected chi connectivity index (χ3v) is 6.89. The van der Waals surface area contributed by atoms with Gasteiger partial charge in [-0.15, -0.1) is 0 Å². The molecule has 190 valence electrons. The number of nitrogens with zero attached hydrogens (tertiary/aromatic N) is 3. The molecule has 0 saturated carbocycles. The van der Waals surface area contributed by atoms with Gasteiger partial charge >= 0.3 is 0 Å². The van der Waals surface area contributed by atoms with Crippen molar-refractivity contribution in [2.75, 3.05) is 20.1 Å². The third-order valence-electron chi connectivity index (χ3n) is 6.61. The fourth-order valence-corrected chi connectivity index (χ4v) is 4.87. The molecule has 2 aromatic carbocycles. The predicted octanol–water partition coefficient (Wildman–Crippen LogP) is 4.06. The van der Waals surface area contributed by atoms with E-state index in [0.717, 1.165) is 5.56 Å². The number of pyridine rings is 1. The lowest BCUT2D eigenvalue weighted by atomic mass is 10.0. The summed E-state index contributed by atoms with van der Waals surface area (Å²) in [7, 11) is 1.66. The van der Waals surface area contributed by atoms with E-state index in [2.05, 4.69) is 0 Å². The number of carbonyl (C=O) groups is 2. The normalized spacial score (nSPS) is 15.2. The van der Waals surface area contributed by atoms with E-state index in [1.165, 1.54) is 17.0 Å². The second kappa shape index (κ2) is 10.2. The number of ether oxygens (including phenoxy) is 1. The van der Waals surface area contributed by atoms with E-state index in [4.69, 9.17) is 16.3 Å². The van der Waals surface area contributed by atoms with Crippen LogP contribution in [0.2, 0.25) is 5.02 Å². The molecule has 0 fully saturated rings. The Bertz CT molecular complexity index is 1470. The molecule has 2 aliphatic rings. The molecule has 0 spiro atoms. The summed E-state index contributed by atoms with van der Waals surface area (Å²) in [6.45, 7) is 1.25. The average Bonchev–Trinajstić information content (AvgIpc) is 2.89. The largest absolute Gasteiger partial charge is 0.483 e. The average molecular weight is 522 g/mol. The van der Waals surface area contributed by atoms with Gasteiger partial charge in [-0.2, -0.15) is 0 Å². The number of rotatable bonds is 5. The van der Waals surface area contributed by atoms with E-state index < -0.39 is 17.2 Å². The molecule has 0 aliphatic carbocycles. The Morgan fingerprint density at radius 1 is 0.946 bits per heavy atom. The van der Waals surface area contributed by atoms with Crippen LogP contribution in [-0.4, -0.2) is 46.3 Å². The number of likely N-dealkylation sites (N-methyl/N-ethyl adjacent to an activating group) is 1. The zero-order valence-corrected chi connectivity index (χ0v) is 21.0. The lowest BCUT2D eigenvalue weighted by Crippen LogP contribution is -2.45. The van der Waals surface area contributed by atoms with Gasteiger partial charge in [0.05, 0.1) is 5.02 Å². The van der Waals surface area contributed by atoms with Crippen LogP contribution >= 0.6 is 11.6 Å². The van der Waals surface area contributed by atoms with Crippen molar-refractivity contribution in [1.82, 2.24) is 14.4 Å². The number of amides is 2. The molecule has 1 aromatic heterocycles. The third kappa shape index (κ3) is 4.76. The summed E-state index contributed by atoms with van der Waals surface area (Å²) in [4.78, 5) is 44.0. The van der Waals surface area contributed by atoms with Gasteiger partial charge in [-0.3, -0.25) is 14.4 Å². The molecule has 37 heavy (non-hydrogen) atoms. The molecule has 3 aromatic rings. The van der Waals surface area contributed by atoms with Gasteiger partial charge in [0.15, 0.2) is 11.4 Å². The number of fused-ring (bicyclic) bond motifs is 3. The first-order chi connectivity index (χ1) is 17.8. The molecular weight excluding hydrogens is 497 g/mol. The van der Waals surface area contributed by atoms with Crippen molar-refractivity contribution >= 4 is 23.4 Å². The van der Waals surface area contributed by atoms with Crippen LogP contribution in [0.4, 0.5) is 4.39 Å². The molecule has 0 atom stereocenters. The summed E-state index contributed by atoms with van der Waals surface area (Å²) in [6, 6.07) is 13.6. The summed E-state index contributed by atoms with van der Waals surface area (Å²) >= 11 is 5.94. The van der Waals surface area contributed by atoms with Crippen molar-refractivity contribution in [1.29, 1.82) is 0 Å². The van der Waals surface area contributed by atoms with E-state index in [1.807, 2.05) is 42.5 Å². The Morgan fingerprint density at radius 2 is 1.73 bits per heavy atom. The quantitative estimate of drug-likeness (QED) is 0.475. The zero-order valence-electron chi connectivity index (χ0n) is 20.2. The van der Waals surface area contributed by atoms with Gasteiger partial charge in [-0.1, -0.05) is 60.2 Å². The van der Waals surface area contributed by atoms with Gasteiger partial charge in [0.2, 0.25) is 5.43 Å². The number of benzene rings is 2. The monoisotopic (exact) mass is 521 g/mol. The maximum atomic E-state index is 13.8. The second-order valence-electron chi connectivity index (χ2n) is 9.10. The van der Waals surface area contributed by atoms with Crippen LogP contribution in [0.15, 0.2) is 65.5 Å². The first-order valence-corrected chi connectivity index (χ1v) is 12.3. The van der Waals surface area contributed by atoms with E-state index in [-0.39, 0.29) is 47.6 Å². The van der Waals surface area contributed by atoms with Crippen molar-refractivity contribution in [2.45, 2.75) is 26.1 Å². The van der Waals surface area contributed by atoms with E-state index >= 15 is 0 Å². The molecule has 9 heteroatoms. The van der Waals surface area contributed by atoms with Gasteiger partial charge < -0.3 is 19.1 Å². The highest BCUT2D eigenvalue weighted by atomic mass is 35.5. The Hall–Kier alpha value is -3.91. The molecule has 0 saturated heterocycles. The molecular formula is C28H25ClFN3O4. The fourth-order valence-electron chi connectivity index (χ4n) is 4.66. The lowest BCUT2D eigenvalue weighted by molar-refractivity contribution is 0.0670. The molecule has 2 amide bonds. The van der Waals surface area contributed by atoms with Crippen LogP contribution in [0.25, 0.3) is 0 Å². The molecule has 2 aliphatic heterocycles. The standard InChI is InChI=1S/C28H25ClFN3O4/c1-31-12-6-5-9-20-23(27(31)35)33-14-13-32(16-19-10-11-22(30)21(29)15-19)28(36)24(33)26(25(20)34)37-17-18-7-3-2-4-8-18/h2-8,10-11,15H,9,12-14,16-17H2,1H3. The smallest absolute Gasteiger partial charge is 0.274 e. The highest BCUT2D eigenvalue weighted by Gasteiger charge is 2.36. The van der Waals surface area contributed by atoms with Crippen molar-refractivity contribution in [3.63, 3.8) is 0 Å². The van der Waals surface area contributed by atoms with Gasteiger partial charge in [0.25, 0.3) is 11.8 Å². The van der Waals surface area contributed by atoms with Crippen LogP contribution in [0.5, 0.6) is 5.75 Å². The predicted molar refractivity (Wildman–Crippen MR) is 137 cm³/mol. The van der Waals surface area contributed by atoms with Crippen LogP contribution in [-0.2, 0) is 26.1 Å². The van der Waals surface area contributed by atoms with Crippen molar-refractivity contribution in [3.8, 4) is 5.75 Å². The SMILES string of the molecule is CN1CC=CCc2c(n3c(c(OCc4ccccc4)c2=O)C(=O)N(Cc2ccc(F)c(Cl)c2)CC3)C1=O. The Balaban J connectivity index is 1.61. The van der Waals surface area contributed by atoms with Crippen molar-refractivity contribution in [2.24, 2.45) is 0 Å². The van der Waals surface area contributed by atoms with Crippen LogP contribution < -0.4 is 10.2 Å². The number of hydrogen-bond acceptors (Lipinski definition) is 4. The first-order valence-electron chi connectivity index (χ1n) is 11.9. The molecule has 7 nitrogen and oxygen atoms in total. The maximum absolute atomic E-state index is 13.8. The van der Waals surface area contributed by atoms with Crippen molar-refractivity contribution < 1.29 is 18.7 Å². The van der Waals surface area contributed by atoms with E-state index in [0.29, 0.717) is 30.8 Å². The Kier molecular flexibility index (Phi) is 6.84. The molecule has 3 heterocycles. The summed E-state index contributed by atoms with van der Waals surface area (Å²) < 4.78 is 21.3. The lowest BCUT2D eigenvalue weighted by Gasteiger charge is -2.34. The minimum atomic E-state index is -0.542. The number of hydrogen-bond donors (Lipinski definition) is 0. The molecule has 0 unspecified atom stereocenters. The fraction of sp³-hybridized carbons (Fsp3) is 0.250. The summed E-state index contributed by atoms with van der Waals surface area (Å²) in [6.07, 6.45) is 3.96. The molecule has 5 rings (SSSR count). The van der Waals surface area contributed by atoms with Crippen LogP contribution in [0, 0.1) is 5.82 Å². The maximum Gasteiger partial charge on any atom is 0.274 e. The number of allylic oxidation sites excluding steroid dienone is 1. The molecule has 0 radical (unpaired) electrons. The number of aromatic nitrogens is 1. The van der Waals surface area contributed by atoms with Gasteiger partial charge in [0, 0.05) is 38.8 Å². The number of carbonyl (C=O) groups excluding carboxylic acids is 2. The second-order valence-corrected chi connectivity index (χ2v) is 9.50. The van der Waals surface area contributed by atoms with Gasteiger partial charge in [-0.05, 0) is 29.7 Å². The molecule has 0 N–H and O–H groups in total. The summed E-state index contributed by atoms with van der Waals surface area (Å²) in [5.74, 6) is -1.38. The van der Waals surface area contributed by atoms with Crippen LogP contribution in [0.1, 0.15) is 37.7 Å². The minimum Gasteiger partial charge on any atom is -0.483 e. The Labute approximate surface area is 218 Å². The van der Waals surface area contributed by atoms with E-state index in [1.54, 1.807) is 22.6 Å². The zero-order chi connectivity index (χ0) is 26.1. The molecule has 0 bridgehead atoms. The summed E-state index contributed by atoms with van der Waals surface area (Å²) in [5.41, 5.74) is 1.59. The topological polar surface area (TPSA) is 71.8 Å². The van der Waals surface area contributed by atoms with Gasteiger partial charge in [0.1, 0.15) is 18.1 Å². The minimum absolute atomic E-state index is 0.0338. The highest BCUT2D eigenvalue weighted by molar-refractivity contribution is 6.30. The Morgan fingerprint density at radius 3 is 2.49 bits per heavy atom. The van der Waals surface area contributed by atoms with Gasteiger partial charge in [-0.25, -0.2) is 4.39 Å². The van der Waals surface area contributed by atoms with Crippen molar-refractivity contribution in [3.05, 3.63) is 110 Å².